The van der Waals surface area contributed by atoms with E-state index in [2.05, 4.69) is 10.6 Å². The number of aldehydes is 1. The van der Waals surface area contributed by atoms with Crippen LogP contribution in [-0.4, -0.2) is 17.5 Å². The third kappa shape index (κ3) is 3.41. The lowest BCUT2D eigenvalue weighted by molar-refractivity contribution is 0.111. The first-order valence-corrected chi connectivity index (χ1v) is 6.59. The highest BCUT2D eigenvalue weighted by Crippen LogP contribution is 2.22. The molecule has 0 aromatic heterocycles. The molecular weight excluding hydrogens is 287 g/mol. The monoisotopic (exact) mass is 302 g/mol. The number of aryl methyl sites for hydroxylation is 1. The summed E-state index contributed by atoms with van der Waals surface area (Å²) in [6.45, 7) is 1.87. The Bertz CT molecular complexity index is 717. The van der Waals surface area contributed by atoms with E-state index in [-0.39, 0.29) is 17.8 Å². The van der Waals surface area contributed by atoms with Crippen molar-refractivity contribution in [2.75, 3.05) is 10.6 Å². The van der Waals surface area contributed by atoms with Gasteiger partial charge < -0.3 is 10.4 Å². The molecule has 114 valence electrons. The first-order chi connectivity index (χ1) is 10.5. The van der Waals surface area contributed by atoms with Crippen molar-refractivity contribution in [2.24, 2.45) is 0 Å². The summed E-state index contributed by atoms with van der Waals surface area (Å²) in [4.78, 5) is 21.6. The molecule has 0 bridgehead atoms. The van der Waals surface area contributed by atoms with Crippen LogP contribution in [0.3, 0.4) is 0 Å². The van der Waals surface area contributed by atoms with Crippen molar-refractivity contribution in [2.45, 2.75) is 13.5 Å². The molecule has 0 fully saturated rings. The van der Waals surface area contributed by atoms with Gasteiger partial charge >= 0.3 is 6.09 Å². The molecule has 0 saturated heterocycles. The predicted molar refractivity (Wildman–Crippen MR) is 81.9 cm³/mol. The fourth-order valence-corrected chi connectivity index (χ4v) is 2.07. The molecule has 2 aromatic carbocycles. The minimum atomic E-state index is -1.17. The Kier molecular flexibility index (Phi) is 4.73. The summed E-state index contributed by atoms with van der Waals surface area (Å²) in [5.74, 6) is -0.612. The Morgan fingerprint density at radius 2 is 1.95 bits per heavy atom. The maximum atomic E-state index is 14.1. The maximum Gasteiger partial charge on any atom is 0.409 e. The van der Waals surface area contributed by atoms with E-state index >= 15 is 0 Å². The number of benzene rings is 2. The number of para-hydroxylation sites is 1. The minimum Gasteiger partial charge on any atom is -0.465 e. The Morgan fingerprint density at radius 1 is 1.23 bits per heavy atom. The van der Waals surface area contributed by atoms with Gasteiger partial charge in [-0.15, -0.1) is 0 Å². The van der Waals surface area contributed by atoms with Crippen LogP contribution in [0.25, 0.3) is 0 Å². The zero-order valence-corrected chi connectivity index (χ0v) is 11.9. The molecule has 6 heteroatoms. The van der Waals surface area contributed by atoms with Crippen LogP contribution in [0.2, 0.25) is 0 Å². The number of anilines is 2. The van der Waals surface area contributed by atoms with Gasteiger partial charge in [0, 0.05) is 12.2 Å². The van der Waals surface area contributed by atoms with E-state index in [0.29, 0.717) is 23.1 Å². The van der Waals surface area contributed by atoms with Crippen LogP contribution in [0.1, 0.15) is 21.5 Å². The average molecular weight is 302 g/mol. The molecule has 0 radical (unpaired) electrons. The van der Waals surface area contributed by atoms with Gasteiger partial charge in [-0.3, -0.25) is 10.1 Å². The van der Waals surface area contributed by atoms with Gasteiger partial charge in [0.05, 0.1) is 11.3 Å². The van der Waals surface area contributed by atoms with Crippen LogP contribution in [0.15, 0.2) is 36.4 Å². The number of nitrogens with one attached hydrogen (secondary N) is 2. The van der Waals surface area contributed by atoms with Gasteiger partial charge in [-0.2, -0.15) is 0 Å². The smallest absolute Gasteiger partial charge is 0.409 e. The molecule has 0 heterocycles. The molecule has 0 atom stereocenters. The SMILES string of the molecule is Cc1ccc(NCc2ccccc2NC(=O)O)c(F)c1C=O. The molecule has 3 N–H and O–H groups in total. The quantitative estimate of drug-likeness (QED) is 0.737. The highest BCUT2D eigenvalue weighted by molar-refractivity contribution is 5.84. The van der Waals surface area contributed by atoms with Gasteiger partial charge in [-0.1, -0.05) is 24.3 Å². The summed E-state index contributed by atoms with van der Waals surface area (Å²) in [5.41, 5.74) is 1.86. The average Bonchev–Trinajstić information content (AvgIpc) is 2.48. The van der Waals surface area contributed by atoms with Crippen molar-refractivity contribution in [1.82, 2.24) is 0 Å². The summed E-state index contributed by atoms with van der Waals surface area (Å²) < 4.78 is 14.1. The van der Waals surface area contributed by atoms with Crippen molar-refractivity contribution in [3.63, 3.8) is 0 Å². The van der Waals surface area contributed by atoms with Crippen molar-refractivity contribution in [1.29, 1.82) is 0 Å². The molecule has 0 saturated carbocycles. The van der Waals surface area contributed by atoms with Gasteiger partial charge in [0.15, 0.2) is 12.1 Å². The van der Waals surface area contributed by atoms with Crippen LogP contribution >= 0.6 is 0 Å². The molecule has 1 amide bonds. The molecular formula is C16H15FN2O3. The van der Waals surface area contributed by atoms with Crippen LogP contribution in [0.4, 0.5) is 20.6 Å². The van der Waals surface area contributed by atoms with Crippen LogP contribution in [0, 0.1) is 12.7 Å². The van der Waals surface area contributed by atoms with Crippen molar-refractivity contribution < 1.29 is 19.1 Å². The second kappa shape index (κ2) is 6.71. The van der Waals surface area contributed by atoms with E-state index < -0.39 is 11.9 Å². The van der Waals surface area contributed by atoms with E-state index in [9.17, 15) is 14.0 Å². The van der Waals surface area contributed by atoms with Crippen molar-refractivity contribution in [3.8, 4) is 0 Å². The molecule has 0 spiro atoms. The second-order valence-corrected chi connectivity index (χ2v) is 4.72. The van der Waals surface area contributed by atoms with Gasteiger partial charge in [0.2, 0.25) is 0 Å². The first kappa shape index (κ1) is 15.5. The fourth-order valence-electron chi connectivity index (χ4n) is 2.07. The van der Waals surface area contributed by atoms with Gasteiger partial charge in [0.1, 0.15) is 0 Å². The zero-order valence-electron chi connectivity index (χ0n) is 11.9. The summed E-state index contributed by atoms with van der Waals surface area (Å²) in [5, 5.41) is 13.9. The molecule has 0 aliphatic carbocycles. The summed E-state index contributed by atoms with van der Waals surface area (Å²) in [6, 6.07) is 10.00. The lowest BCUT2D eigenvalue weighted by Crippen LogP contribution is -2.11. The molecule has 2 rings (SSSR count). The highest BCUT2D eigenvalue weighted by Gasteiger charge is 2.11. The molecule has 0 aliphatic rings. The third-order valence-electron chi connectivity index (χ3n) is 3.24. The molecule has 0 aliphatic heterocycles. The third-order valence-corrected chi connectivity index (χ3v) is 3.24. The normalized spacial score (nSPS) is 10.1. The molecule has 0 unspecified atom stereocenters. The van der Waals surface area contributed by atoms with Crippen LogP contribution < -0.4 is 10.6 Å². The number of halogens is 1. The van der Waals surface area contributed by atoms with E-state index in [1.165, 1.54) is 0 Å². The largest absolute Gasteiger partial charge is 0.465 e. The number of amides is 1. The predicted octanol–water partition coefficient (Wildman–Crippen LogP) is 3.65. The van der Waals surface area contributed by atoms with Gasteiger partial charge in [-0.05, 0) is 30.2 Å². The van der Waals surface area contributed by atoms with Crippen LogP contribution in [0.5, 0.6) is 0 Å². The number of rotatable bonds is 5. The molecule has 22 heavy (non-hydrogen) atoms. The Labute approximate surface area is 126 Å². The van der Waals surface area contributed by atoms with E-state index in [4.69, 9.17) is 5.11 Å². The van der Waals surface area contributed by atoms with Gasteiger partial charge in [0.25, 0.3) is 0 Å². The summed E-state index contributed by atoms with van der Waals surface area (Å²) in [6.07, 6.45) is -0.687. The molecule has 2 aromatic rings. The van der Waals surface area contributed by atoms with E-state index in [1.807, 2.05) is 0 Å². The van der Waals surface area contributed by atoms with Gasteiger partial charge in [-0.25, -0.2) is 9.18 Å². The van der Waals surface area contributed by atoms with Crippen LogP contribution in [-0.2, 0) is 6.54 Å². The fraction of sp³-hybridized carbons (Fsp3) is 0.125. The maximum absolute atomic E-state index is 14.1. The second-order valence-electron chi connectivity index (χ2n) is 4.72. The Balaban J connectivity index is 2.21. The number of carbonyl (C=O) groups is 2. The zero-order chi connectivity index (χ0) is 16.1. The number of carboxylic acid groups (broad SMARTS) is 1. The number of carbonyl (C=O) groups excluding carboxylic acids is 1. The lowest BCUT2D eigenvalue weighted by Gasteiger charge is -2.13. The molecule has 5 nitrogen and oxygen atoms in total. The lowest BCUT2D eigenvalue weighted by atomic mass is 10.1. The van der Waals surface area contributed by atoms with Crippen molar-refractivity contribution >= 4 is 23.8 Å². The highest BCUT2D eigenvalue weighted by atomic mass is 19.1. The topological polar surface area (TPSA) is 78.4 Å². The summed E-state index contributed by atoms with van der Waals surface area (Å²) in [7, 11) is 0. The standard InChI is InChI=1S/C16H15FN2O3/c1-10-6-7-14(15(17)12(10)9-20)18-8-11-4-2-3-5-13(11)19-16(21)22/h2-7,9,18-19H,8H2,1H3,(H,21,22). The minimum absolute atomic E-state index is 0.0157. The van der Waals surface area contributed by atoms with Crippen molar-refractivity contribution in [3.05, 3.63) is 58.9 Å². The first-order valence-electron chi connectivity index (χ1n) is 6.59. The number of hydrogen-bond donors (Lipinski definition) is 3. The summed E-state index contributed by atoms with van der Waals surface area (Å²) >= 11 is 0. The Hall–Kier alpha value is -2.89. The van der Waals surface area contributed by atoms with E-state index in [0.717, 1.165) is 0 Å². The van der Waals surface area contributed by atoms with E-state index in [1.54, 1.807) is 43.3 Å². The Morgan fingerprint density at radius 3 is 2.64 bits per heavy atom. The number of hydrogen-bond acceptors (Lipinski definition) is 3.